The van der Waals surface area contributed by atoms with Gasteiger partial charge in [0.15, 0.2) is 0 Å². The van der Waals surface area contributed by atoms with E-state index >= 15 is 0 Å². The predicted octanol–water partition coefficient (Wildman–Crippen LogP) is -4.14. The first kappa shape index (κ1) is 29.3. The molecule has 0 aliphatic heterocycles. The van der Waals surface area contributed by atoms with Gasteiger partial charge in [-0.25, -0.2) is 0 Å². The Morgan fingerprint density at radius 1 is 0.867 bits per heavy atom. The van der Waals surface area contributed by atoms with E-state index in [0.717, 1.165) is 0 Å². The minimum atomic E-state index is -0.0324. The van der Waals surface area contributed by atoms with Gasteiger partial charge in [-0.15, -0.1) is 14.1 Å². The molecule has 88 valence electrons. The molecule has 0 aliphatic rings. The quantitative estimate of drug-likeness (QED) is 0.451. The third-order valence-corrected chi connectivity index (χ3v) is 1.10. The Hall–Kier alpha value is -0.330. The van der Waals surface area contributed by atoms with Gasteiger partial charge < -0.3 is 29.6 Å². The molecule has 7 heteroatoms. The van der Waals surface area contributed by atoms with Gasteiger partial charge in [-0.1, -0.05) is 13.8 Å². The average Bonchev–Trinajstić information content (AvgIpc) is 2.16. The van der Waals surface area contributed by atoms with Crippen molar-refractivity contribution in [3.63, 3.8) is 0 Å². The van der Waals surface area contributed by atoms with Crippen LogP contribution in [0.5, 0.6) is 0 Å². The molecule has 0 bridgehead atoms. The van der Waals surface area contributed by atoms with Crippen LogP contribution in [0.1, 0.15) is 26.7 Å². The van der Waals surface area contributed by atoms with Gasteiger partial charge in [0.05, 0.1) is 11.8 Å². The van der Waals surface area contributed by atoms with Crippen LogP contribution in [0.3, 0.4) is 0 Å². The van der Waals surface area contributed by atoms with Crippen LogP contribution in [0.4, 0.5) is 0 Å². The molecule has 4 nitrogen and oxygen atoms in total. The summed E-state index contributed by atoms with van der Waals surface area (Å²) in [5.41, 5.74) is 0. The molecule has 0 spiro atoms. The molecule has 0 aromatic rings. The van der Waals surface area contributed by atoms with Crippen molar-refractivity contribution in [2.24, 2.45) is 0 Å². The van der Waals surface area contributed by atoms with Crippen LogP contribution in [-0.2, 0) is 35.4 Å². The van der Waals surface area contributed by atoms with Gasteiger partial charge in [-0.05, 0) is 12.8 Å². The second-order valence-electron chi connectivity index (χ2n) is 1.94. The van der Waals surface area contributed by atoms with Crippen LogP contribution in [0, 0.1) is 0 Å². The van der Waals surface area contributed by atoms with Crippen molar-refractivity contribution < 1.29 is 44.8 Å². The molecular weight excluding hydrogens is 373 g/mol. The van der Waals surface area contributed by atoms with E-state index in [9.17, 15) is 9.59 Å². The maximum Gasteiger partial charge on any atom is 4.00 e. The van der Waals surface area contributed by atoms with E-state index in [2.05, 4.69) is 10.6 Å². The van der Waals surface area contributed by atoms with Crippen LogP contribution >= 0.6 is 0 Å². The number of rotatable bonds is 2. The Labute approximate surface area is 108 Å². The molecule has 0 heterocycles. The molecule has 0 saturated carbocycles. The van der Waals surface area contributed by atoms with Gasteiger partial charge in [0.25, 0.3) is 0 Å². The van der Waals surface area contributed by atoms with Gasteiger partial charge in [0.1, 0.15) is 0 Å². The summed E-state index contributed by atoms with van der Waals surface area (Å²) in [7, 11) is 3.01. The molecule has 0 fully saturated rings. The molecule has 0 aliphatic carbocycles. The molecule has 0 N–H and O–H groups in total. The Bertz CT molecular complexity index is 121. The van der Waals surface area contributed by atoms with Gasteiger partial charge >= 0.3 is 25.8 Å². The fourth-order valence-electron chi connectivity index (χ4n) is 0.316. The molecule has 0 atom stereocenters. The van der Waals surface area contributed by atoms with Crippen molar-refractivity contribution in [3.05, 3.63) is 10.6 Å². The number of hydrogen-bond acceptors (Lipinski definition) is 2. The summed E-state index contributed by atoms with van der Waals surface area (Å²) in [6.07, 6.45) is 1.05. The molecule has 15 heavy (non-hydrogen) atoms. The van der Waals surface area contributed by atoms with Crippen molar-refractivity contribution in [3.8, 4) is 0 Å². The van der Waals surface area contributed by atoms with E-state index in [-0.39, 0.29) is 47.1 Å². The standard InChI is InChI=1S/2C4H9NO.2FH.Hf/c2*1-3-4(6)5-2;;;/h2*3H2,1-2H3,(H,5,6);2*1H;/q;;;;+4/p-4. The number of amides is 2. The zero-order valence-electron chi connectivity index (χ0n) is 9.38. The van der Waals surface area contributed by atoms with Crippen LogP contribution in [0.15, 0.2) is 0 Å². The Kier molecular flexibility index (Phi) is 45.9. The van der Waals surface area contributed by atoms with E-state index in [0.29, 0.717) is 12.8 Å². The first-order valence-corrected chi connectivity index (χ1v) is 3.87. The minimum Gasteiger partial charge on any atom is -1.00 e. The van der Waals surface area contributed by atoms with E-state index in [1.807, 2.05) is 0 Å². The Morgan fingerprint density at radius 2 is 1.07 bits per heavy atom. The predicted molar refractivity (Wildman–Crippen MR) is 49.2 cm³/mol. The molecular formula is C8H16F2HfN2O2. The van der Waals surface area contributed by atoms with Gasteiger partial charge in [-0.3, -0.25) is 0 Å². The summed E-state index contributed by atoms with van der Waals surface area (Å²) < 4.78 is 0. The summed E-state index contributed by atoms with van der Waals surface area (Å²) in [5, 5.41) is 6.74. The number of carbonyl (C=O) groups is 2. The van der Waals surface area contributed by atoms with Crippen molar-refractivity contribution >= 4 is 11.8 Å². The van der Waals surface area contributed by atoms with E-state index in [1.165, 1.54) is 14.1 Å². The zero-order valence-corrected chi connectivity index (χ0v) is 13.0. The SMILES string of the molecule is CCC(=O)[N-]C.CCC(=O)[N-]C.[F-].[F-].[Hf+4]. The summed E-state index contributed by atoms with van der Waals surface area (Å²) in [5.74, 6) is -0.0648. The second-order valence-corrected chi connectivity index (χ2v) is 1.94. The van der Waals surface area contributed by atoms with E-state index in [1.54, 1.807) is 13.8 Å². The molecule has 0 radical (unpaired) electrons. The summed E-state index contributed by atoms with van der Waals surface area (Å²) in [6.45, 7) is 3.57. The fourth-order valence-corrected chi connectivity index (χ4v) is 0.316. The van der Waals surface area contributed by atoms with E-state index < -0.39 is 0 Å². The van der Waals surface area contributed by atoms with Crippen molar-refractivity contribution in [1.29, 1.82) is 0 Å². The Morgan fingerprint density at radius 3 is 1.07 bits per heavy atom. The minimum absolute atomic E-state index is 0. The first-order chi connectivity index (χ1) is 5.62. The summed E-state index contributed by atoms with van der Waals surface area (Å²) in [4.78, 5) is 20.0. The topological polar surface area (TPSA) is 62.3 Å². The zero-order chi connectivity index (χ0) is 9.98. The normalized spacial score (nSPS) is 6.13. The van der Waals surface area contributed by atoms with Crippen LogP contribution in [0.25, 0.3) is 10.6 Å². The van der Waals surface area contributed by atoms with Crippen LogP contribution in [0.2, 0.25) is 0 Å². The van der Waals surface area contributed by atoms with Gasteiger partial charge in [0.2, 0.25) is 0 Å². The molecule has 0 aromatic carbocycles. The summed E-state index contributed by atoms with van der Waals surface area (Å²) >= 11 is 0. The van der Waals surface area contributed by atoms with Crippen LogP contribution < -0.4 is 9.41 Å². The number of carbonyl (C=O) groups excluding carboxylic acids is 2. The third kappa shape index (κ3) is 31.6. The van der Waals surface area contributed by atoms with E-state index in [4.69, 9.17) is 0 Å². The maximum atomic E-state index is 10.0. The number of nitrogens with zero attached hydrogens (tertiary/aromatic N) is 2. The molecule has 0 saturated heterocycles. The molecule has 0 rings (SSSR count). The number of hydrogen-bond donors (Lipinski definition) is 0. The smallest absolute Gasteiger partial charge is 1.00 e. The third-order valence-electron chi connectivity index (χ3n) is 1.10. The molecule has 0 aromatic heterocycles. The summed E-state index contributed by atoms with van der Waals surface area (Å²) in [6, 6.07) is 0. The van der Waals surface area contributed by atoms with Gasteiger partial charge in [0, 0.05) is 0 Å². The molecule has 0 unspecified atom stereocenters. The van der Waals surface area contributed by atoms with Crippen molar-refractivity contribution in [1.82, 2.24) is 0 Å². The average molecular weight is 389 g/mol. The monoisotopic (exact) mass is 390 g/mol. The first-order valence-electron chi connectivity index (χ1n) is 3.87. The van der Waals surface area contributed by atoms with Crippen molar-refractivity contribution in [2.45, 2.75) is 26.7 Å². The van der Waals surface area contributed by atoms with Crippen molar-refractivity contribution in [2.75, 3.05) is 14.1 Å². The van der Waals surface area contributed by atoms with Crippen LogP contribution in [-0.4, -0.2) is 25.9 Å². The second kappa shape index (κ2) is 23.5. The molecule has 2 amide bonds. The maximum absolute atomic E-state index is 10.0. The number of halogens is 2. The fraction of sp³-hybridized carbons (Fsp3) is 0.750. The Balaban J connectivity index is -0.0000000370. The largest absolute Gasteiger partial charge is 4.00 e. The van der Waals surface area contributed by atoms with Gasteiger partial charge in [-0.2, -0.15) is 0 Å².